The summed E-state index contributed by atoms with van der Waals surface area (Å²) in [7, 11) is 0. The zero-order valence-corrected chi connectivity index (χ0v) is 13.5. The van der Waals surface area contributed by atoms with E-state index in [1.807, 2.05) is 0 Å². The van der Waals surface area contributed by atoms with Gasteiger partial charge in [-0.15, -0.1) is 0 Å². The van der Waals surface area contributed by atoms with E-state index in [1.54, 1.807) is 6.07 Å². The molecule has 0 saturated heterocycles. The van der Waals surface area contributed by atoms with Crippen LogP contribution in [0.3, 0.4) is 0 Å². The topological polar surface area (TPSA) is 84.3 Å². The zero-order valence-electron chi connectivity index (χ0n) is 12.7. The van der Waals surface area contributed by atoms with Crippen molar-refractivity contribution in [3.05, 3.63) is 51.6 Å². The number of rotatable bonds is 5. The first kappa shape index (κ1) is 17.1. The van der Waals surface area contributed by atoms with E-state index >= 15 is 0 Å². The maximum Gasteiger partial charge on any atom is 0.282 e. The molecular formula is C16H19N3O3S. The number of benzene rings is 1. The molecule has 23 heavy (non-hydrogen) atoms. The van der Waals surface area contributed by atoms with Crippen LogP contribution in [0.1, 0.15) is 42.5 Å². The molecule has 0 saturated carbocycles. The molecule has 2 rings (SSSR count). The third kappa shape index (κ3) is 5.14. The standard InChI is InChI=1S/C16H19N3O3S/c20-15(13-8-4-5-9-14(13)19(21)22)18-16(23)17-11-10-12-6-2-1-3-7-12/h4-6,8-9H,1-3,7,10-11H2,(H2,17,18,20,23). The lowest BCUT2D eigenvalue weighted by Gasteiger charge is -2.14. The van der Waals surface area contributed by atoms with Crippen LogP contribution >= 0.6 is 12.2 Å². The number of nitrogens with one attached hydrogen (secondary N) is 2. The summed E-state index contributed by atoms with van der Waals surface area (Å²) < 4.78 is 0. The predicted molar refractivity (Wildman–Crippen MR) is 92.3 cm³/mol. The normalized spacial score (nSPS) is 13.8. The highest BCUT2D eigenvalue weighted by Crippen LogP contribution is 2.19. The summed E-state index contributed by atoms with van der Waals surface area (Å²) in [6.07, 6.45) is 7.89. The molecule has 0 fully saturated rings. The van der Waals surface area contributed by atoms with Crippen molar-refractivity contribution >= 4 is 28.9 Å². The fraction of sp³-hybridized carbons (Fsp3) is 0.375. The second-order valence-corrected chi connectivity index (χ2v) is 5.75. The van der Waals surface area contributed by atoms with E-state index in [4.69, 9.17) is 12.2 Å². The summed E-state index contributed by atoms with van der Waals surface area (Å²) in [5.74, 6) is -0.577. The van der Waals surface area contributed by atoms with Crippen LogP contribution in [0.25, 0.3) is 0 Å². The monoisotopic (exact) mass is 333 g/mol. The third-order valence-corrected chi connectivity index (χ3v) is 3.94. The van der Waals surface area contributed by atoms with Crippen LogP contribution in [-0.2, 0) is 0 Å². The molecule has 1 aliphatic carbocycles. The summed E-state index contributed by atoms with van der Waals surface area (Å²) in [4.78, 5) is 22.4. The molecule has 0 aliphatic heterocycles. The van der Waals surface area contributed by atoms with Crippen molar-refractivity contribution in [1.82, 2.24) is 10.6 Å². The number of hydrogen-bond acceptors (Lipinski definition) is 4. The van der Waals surface area contributed by atoms with Gasteiger partial charge >= 0.3 is 0 Å². The highest BCUT2D eigenvalue weighted by atomic mass is 32.1. The number of carbonyl (C=O) groups excluding carboxylic acids is 1. The fourth-order valence-corrected chi connectivity index (χ4v) is 2.70. The molecule has 6 nitrogen and oxygen atoms in total. The molecule has 0 spiro atoms. The lowest BCUT2D eigenvalue weighted by molar-refractivity contribution is -0.385. The molecule has 0 aromatic heterocycles. The molecule has 0 heterocycles. The SMILES string of the molecule is O=C(NC(=S)NCCC1=CCCCC1)c1ccccc1[N+](=O)[O-]. The van der Waals surface area contributed by atoms with Crippen molar-refractivity contribution < 1.29 is 9.72 Å². The first-order valence-corrected chi connectivity index (χ1v) is 7.99. The van der Waals surface area contributed by atoms with E-state index in [0.717, 1.165) is 19.3 Å². The van der Waals surface area contributed by atoms with Crippen molar-refractivity contribution in [2.75, 3.05) is 6.54 Å². The Hall–Kier alpha value is -2.28. The predicted octanol–water partition coefficient (Wildman–Crippen LogP) is 3.09. The highest BCUT2D eigenvalue weighted by Gasteiger charge is 2.19. The first-order valence-electron chi connectivity index (χ1n) is 7.58. The Morgan fingerprint density at radius 1 is 1.30 bits per heavy atom. The summed E-state index contributed by atoms with van der Waals surface area (Å²) in [5, 5.41) is 16.6. The maximum absolute atomic E-state index is 12.1. The summed E-state index contributed by atoms with van der Waals surface area (Å²) in [6.45, 7) is 0.641. The van der Waals surface area contributed by atoms with Crippen molar-refractivity contribution in [1.29, 1.82) is 0 Å². The second-order valence-electron chi connectivity index (χ2n) is 5.34. The molecule has 0 bridgehead atoms. The van der Waals surface area contributed by atoms with Gasteiger partial charge in [0.1, 0.15) is 5.56 Å². The van der Waals surface area contributed by atoms with Gasteiger partial charge in [0, 0.05) is 12.6 Å². The number of amides is 1. The Morgan fingerprint density at radius 3 is 2.78 bits per heavy atom. The molecule has 0 radical (unpaired) electrons. The van der Waals surface area contributed by atoms with Crippen molar-refractivity contribution in [3.8, 4) is 0 Å². The van der Waals surface area contributed by atoms with Gasteiger partial charge in [-0.3, -0.25) is 20.2 Å². The number of nitro benzene ring substituents is 1. The number of para-hydroxylation sites is 1. The van der Waals surface area contributed by atoms with Gasteiger partial charge in [0.15, 0.2) is 5.11 Å². The lowest BCUT2D eigenvalue weighted by atomic mass is 9.97. The van der Waals surface area contributed by atoms with E-state index in [1.165, 1.54) is 36.6 Å². The highest BCUT2D eigenvalue weighted by molar-refractivity contribution is 7.80. The van der Waals surface area contributed by atoms with E-state index in [-0.39, 0.29) is 16.4 Å². The summed E-state index contributed by atoms with van der Waals surface area (Å²) >= 11 is 5.07. The average molecular weight is 333 g/mol. The third-order valence-electron chi connectivity index (χ3n) is 3.69. The molecule has 0 unspecified atom stereocenters. The van der Waals surface area contributed by atoms with Gasteiger partial charge in [0.05, 0.1) is 4.92 Å². The minimum atomic E-state index is -0.582. The van der Waals surface area contributed by atoms with Gasteiger partial charge in [-0.25, -0.2) is 0 Å². The van der Waals surface area contributed by atoms with Crippen molar-refractivity contribution in [3.63, 3.8) is 0 Å². The van der Waals surface area contributed by atoms with Gasteiger partial charge in [-0.05, 0) is 50.4 Å². The molecule has 7 heteroatoms. The van der Waals surface area contributed by atoms with Gasteiger partial charge < -0.3 is 5.32 Å². The number of hydrogen-bond donors (Lipinski definition) is 2. The van der Waals surface area contributed by atoms with Gasteiger partial charge in [0.25, 0.3) is 11.6 Å². The van der Waals surface area contributed by atoms with Crippen LogP contribution in [-0.4, -0.2) is 22.5 Å². The van der Waals surface area contributed by atoms with E-state index in [9.17, 15) is 14.9 Å². The molecule has 122 valence electrons. The van der Waals surface area contributed by atoms with Crippen LogP contribution in [0, 0.1) is 10.1 Å². The van der Waals surface area contributed by atoms with Crippen LogP contribution in [0.15, 0.2) is 35.9 Å². The quantitative estimate of drug-likeness (QED) is 0.374. The molecule has 1 aliphatic rings. The molecule has 1 amide bonds. The molecular weight excluding hydrogens is 314 g/mol. The second kappa shape index (κ2) is 8.38. The Kier molecular flexibility index (Phi) is 6.22. The number of allylic oxidation sites excluding steroid dienone is 1. The summed E-state index contributed by atoms with van der Waals surface area (Å²) in [6, 6.07) is 5.79. The average Bonchev–Trinajstić information content (AvgIpc) is 2.55. The number of thiocarbonyl (C=S) groups is 1. The largest absolute Gasteiger partial charge is 0.362 e. The Bertz CT molecular complexity index is 643. The minimum absolute atomic E-state index is 0.00311. The first-order chi connectivity index (χ1) is 11.1. The van der Waals surface area contributed by atoms with Gasteiger partial charge in [0.2, 0.25) is 0 Å². The molecule has 1 aromatic rings. The minimum Gasteiger partial charge on any atom is -0.362 e. The zero-order chi connectivity index (χ0) is 16.7. The van der Waals surface area contributed by atoms with E-state index in [2.05, 4.69) is 16.7 Å². The molecule has 0 atom stereocenters. The van der Waals surface area contributed by atoms with Crippen LogP contribution in [0.2, 0.25) is 0 Å². The Balaban J connectivity index is 1.84. The van der Waals surface area contributed by atoms with Crippen LogP contribution in [0.4, 0.5) is 5.69 Å². The van der Waals surface area contributed by atoms with Crippen molar-refractivity contribution in [2.45, 2.75) is 32.1 Å². The smallest absolute Gasteiger partial charge is 0.282 e. The van der Waals surface area contributed by atoms with Crippen LogP contribution < -0.4 is 10.6 Å². The fourth-order valence-electron chi connectivity index (χ4n) is 2.51. The molecule has 1 aromatic carbocycles. The summed E-state index contributed by atoms with van der Waals surface area (Å²) in [5.41, 5.74) is 1.17. The van der Waals surface area contributed by atoms with E-state index < -0.39 is 10.8 Å². The Morgan fingerprint density at radius 2 is 2.09 bits per heavy atom. The maximum atomic E-state index is 12.1. The van der Waals surface area contributed by atoms with E-state index in [0.29, 0.717) is 6.54 Å². The van der Waals surface area contributed by atoms with Crippen molar-refractivity contribution in [2.24, 2.45) is 0 Å². The van der Waals surface area contributed by atoms with Gasteiger partial charge in [-0.2, -0.15) is 0 Å². The number of nitrogens with zero attached hydrogens (tertiary/aromatic N) is 1. The molecule has 2 N–H and O–H groups in total. The lowest BCUT2D eigenvalue weighted by Crippen LogP contribution is -2.39. The Labute approximate surface area is 140 Å². The van der Waals surface area contributed by atoms with Gasteiger partial charge in [-0.1, -0.05) is 23.8 Å². The van der Waals surface area contributed by atoms with Crippen LogP contribution in [0.5, 0.6) is 0 Å². The number of nitro groups is 1. The number of carbonyl (C=O) groups is 1.